The molecule has 1 atom stereocenters. The van der Waals surface area contributed by atoms with Crippen LogP contribution in [0.4, 0.5) is 0 Å². The van der Waals surface area contributed by atoms with Crippen LogP contribution in [0.5, 0.6) is 0 Å². The number of nitrogens with one attached hydrogen (secondary N) is 1. The zero-order valence-corrected chi connectivity index (χ0v) is 13.8. The molecule has 0 aliphatic heterocycles. The molecule has 0 saturated carbocycles. The van der Waals surface area contributed by atoms with Crippen LogP contribution >= 0.6 is 27.5 Å². The van der Waals surface area contributed by atoms with Crippen molar-refractivity contribution >= 4 is 27.5 Å². The summed E-state index contributed by atoms with van der Waals surface area (Å²) in [7, 11) is 1.99. The van der Waals surface area contributed by atoms with E-state index in [0.29, 0.717) is 5.92 Å². The normalized spacial score (nSPS) is 12.3. The lowest BCUT2D eigenvalue weighted by atomic mass is 9.93. The molecular formula is C16H18BrClN2. The minimum absolute atomic E-state index is 0.539. The van der Waals surface area contributed by atoms with Crippen LogP contribution in [-0.2, 0) is 12.8 Å². The van der Waals surface area contributed by atoms with Gasteiger partial charge in [-0.15, -0.1) is 0 Å². The van der Waals surface area contributed by atoms with Crippen LogP contribution in [0, 0.1) is 5.92 Å². The van der Waals surface area contributed by atoms with Gasteiger partial charge in [-0.3, -0.25) is 4.98 Å². The summed E-state index contributed by atoms with van der Waals surface area (Å²) in [5, 5.41) is 4.06. The van der Waals surface area contributed by atoms with Crippen molar-refractivity contribution in [3.63, 3.8) is 0 Å². The van der Waals surface area contributed by atoms with E-state index in [1.54, 1.807) is 0 Å². The minimum Gasteiger partial charge on any atom is -0.319 e. The zero-order chi connectivity index (χ0) is 14.4. The molecule has 20 heavy (non-hydrogen) atoms. The maximum Gasteiger partial charge on any atom is 0.0410 e. The molecular weight excluding hydrogens is 336 g/mol. The SMILES string of the molecule is CNCC(Cc1ccc(Cl)cc1)Cc1cncc(Br)c1. The van der Waals surface area contributed by atoms with Crippen molar-refractivity contribution in [3.05, 3.63) is 63.3 Å². The van der Waals surface area contributed by atoms with Crippen molar-refractivity contribution in [2.45, 2.75) is 12.8 Å². The Balaban J connectivity index is 2.05. The maximum absolute atomic E-state index is 5.93. The molecule has 1 unspecified atom stereocenters. The Morgan fingerprint density at radius 2 is 1.85 bits per heavy atom. The molecule has 1 heterocycles. The summed E-state index contributed by atoms with van der Waals surface area (Å²) in [6.45, 7) is 0.981. The number of benzene rings is 1. The van der Waals surface area contributed by atoms with Crippen molar-refractivity contribution in [2.75, 3.05) is 13.6 Å². The van der Waals surface area contributed by atoms with E-state index in [4.69, 9.17) is 11.6 Å². The molecule has 1 aromatic heterocycles. The second-order valence-corrected chi connectivity index (χ2v) is 6.32. The van der Waals surface area contributed by atoms with Gasteiger partial charge in [0.05, 0.1) is 0 Å². The highest BCUT2D eigenvalue weighted by Crippen LogP contribution is 2.18. The number of hydrogen-bond acceptors (Lipinski definition) is 2. The van der Waals surface area contributed by atoms with Gasteiger partial charge in [0, 0.05) is 21.9 Å². The van der Waals surface area contributed by atoms with Gasteiger partial charge < -0.3 is 5.32 Å². The molecule has 1 aromatic carbocycles. The first kappa shape index (κ1) is 15.5. The van der Waals surface area contributed by atoms with Crippen LogP contribution in [0.2, 0.25) is 5.02 Å². The molecule has 2 aromatic rings. The number of rotatable bonds is 6. The van der Waals surface area contributed by atoms with Gasteiger partial charge in [-0.25, -0.2) is 0 Å². The Morgan fingerprint density at radius 3 is 2.50 bits per heavy atom. The van der Waals surface area contributed by atoms with Gasteiger partial charge in [-0.05, 0) is 77.6 Å². The van der Waals surface area contributed by atoms with Crippen molar-refractivity contribution in [1.82, 2.24) is 10.3 Å². The van der Waals surface area contributed by atoms with E-state index in [0.717, 1.165) is 28.9 Å². The molecule has 0 bridgehead atoms. The average molecular weight is 354 g/mol. The topological polar surface area (TPSA) is 24.9 Å². The van der Waals surface area contributed by atoms with Gasteiger partial charge in [0.1, 0.15) is 0 Å². The lowest BCUT2D eigenvalue weighted by Gasteiger charge is -2.17. The molecule has 0 aliphatic rings. The highest BCUT2D eigenvalue weighted by molar-refractivity contribution is 9.10. The molecule has 2 rings (SSSR count). The van der Waals surface area contributed by atoms with Crippen molar-refractivity contribution in [1.29, 1.82) is 0 Å². The second kappa shape index (κ2) is 7.77. The Morgan fingerprint density at radius 1 is 1.15 bits per heavy atom. The third-order valence-corrected chi connectivity index (χ3v) is 3.90. The first-order chi connectivity index (χ1) is 9.67. The highest BCUT2D eigenvalue weighted by atomic mass is 79.9. The molecule has 0 spiro atoms. The van der Waals surface area contributed by atoms with E-state index in [2.05, 4.69) is 44.4 Å². The Labute approximate surface area is 133 Å². The number of pyridine rings is 1. The van der Waals surface area contributed by atoms with E-state index in [1.807, 2.05) is 31.6 Å². The number of halogens is 2. The number of aromatic nitrogens is 1. The summed E-state index contributed by atoms with van der Waals surface area (Å²) in [6, 6.07) is 10.2. The molecule has 0 saturated heterocycles. The zero-order valence-electron chi connectivity index (χ0n) is 11.4. The largest absolute Gasteiger partial charge is 0.319 e. The van der Waals surface area contributed by atoms with E-state index < -0.39 is 0 Å². The molecule has 4 heteroatoms. The van der Waals surface area contributed by atoms with E-state index in [-0.39, 0.29) is 0 Å². The summed E-state index contributed by atoms with van der Waals surface area (Å²) in [5.74, 6) is 0.539. The Bertz CT molecular complexity index is 542. The Hall–Kier alpha value is -0.900. The number of hydrogen-bond donors (Lipinski definition) is 1. The van der Waals surface area contributed by atoms with Gasteiger partial charge in [-0.1, -0.05) is 23.7 Å². The standard InChI is InChI=1S/C16H18BrClN2/c1-19-9-13(6-12-2-4-16(18)5-3-12)7-14-8-15(17)11-20-10-14/h2-5,8,10-11,13,19H,6-7,9H2,1H3. The van der Waals surface area contributed by atoms with Crippen LogP contribution in [0.25, 0.3) is 0 Å². The smallest absolute Gasteiger partial charge is 0.0410 e. The summed E-state index contributed by atoms with van der Waals surface area (Å²) in [4.78, 5) is 4.23. The molecule has 0 fully saturated rings. The lowest BCUT2D eigenvalue weighted by Crippen LogP contribution is -2.22. The van der Waals surface area contributed by atoms with Crippen molar-refractivity contribution < 1.29 is 0 Å². The fraction of sp³-hybridized carbons (Fsp3) is 0.312. The summed E-state index contributed by atoms with van der Waals surface area (Å²) in [5.41, 5.74) is 2.58. The third-order valence-electron chi connectivity index (χ3n) is 3.22. The van der Waals surface area contributed by atoms with E-state index in [9.17, 15) is 0 Å². The highest BCUT2D eigenvalue weighted by Gasteiger charge is 2.11. The van der Waals surface area contributed by atoms with Crippen LogP contribution in [-0.4, -0.2) is 18.6 Å². The van der Waals surface area contributed by atoms with Crippen LogP contribution < -0.4 is 5.32 Å². The third kappa shape index (κ3) is 4.89. The van der Waals surface area contributed by atoms with Gasteiger partial charge in [0.2, 0.25) is 0 Å². The summed E-state index contributed by atoms with van der Waals surface area (Å²) >= 11 is 9.40. The first-order valence-corrected chi connectivity index (χ1v) is 7.83. The van der Waals surface area contributed by atoms with Gasteiger partial charge in [-0.2, -0.15) is 0 Å². The second-order valence-electron chi connectivity index (χ2n) is 4.97. The van der Waals surface area contributed by atoms with Crippen LogP contribution in [0.3, 0.4) is 0 Å². The van der Waals surface area contributed by atoms with Crippen molar-refractivity contribution in [3.8, 4) is 0 Å². The Kier molecular flexibility index (Phi) is 6.02. The van der Waals surface area contributed by atoms with Gasteiger partial charge in [0.15, 0.2) is 0 Å². The molecule has 0 radical (unpaired) electrons. The number of nitrogens with zero attached hydrogens (tertiary/aromatic N) is 1. The van der Waals surface area contributed by atoms with Gasteiger partial charge in [0.25, 0.3) is 0 Å². The summed E-state index contributed by atoms with van der Waals surface area (Å²) in [6.07, 6.45) is 5.80. The minimum atomic E-state index is 0.539. The predicted molar refractivity (Wildman–Crippen MR) is 88.2 cm³/mol. The van der Waals surface area contributed by atoms with Crippen LogP contribution in [0.1, 0.15) is 11.1 Å². The molecule has 0 amide bonds. The first-order valence-electron chi connectivity index (χ1n) is 6.66. The average Bonchev–Trinajstić information content (AvgIpc) is 2.42. The predicted octanol–water partition coefficient (Wildman–Crippen LogP) is 4.12. The summed E-state index contributed by atoms with van der Waals surface area (Å²) < 4.78 is 1.03. The quantitative estimate of drug-likeness (QED) is 0.845. The van der Waals surface area contributed by atoms with E-state index >= 15 is 0 Å². The van der Waals surface area contributed by atoms with Gasteiger partial charge >= 0.3 is 0 Å². The van der Waals surface area contributed by atoms with Crippen LogP contribution in [0.15, 0.2) is 47.2 Å². The molecule has 106 valence electrons. The molecule has 1 N–H and O–H groups in total. The monoisotopic (exact) mass is 352 g/mol. The lowest BCUT2D eigenvalue weighted by molar-refractivity contribution is 0.492. The fourth-order valence-electron chi connectivity index (χ4n) is 2.36. The fourth-order valence-corrected chi connectivity index (χ4v) is 2.90. The molecule has 2 nitrogen and oxygen atoms in total. The molecule has 0 aliphatic carbocycles. The van der Waals surface area contributed by atoms with E-state index in [1.165, 1.54) is 11.1 Å². The maximum atomic E-state index is 5.93. The van der Waals surface area contributed by atoms with Crippen molar-refractivity contribution in [2.24, 2.45) is 5.92 Å².